The molecule has 2 aromatic rings. The summed E-state index contributed by atoms with van der Waals surface area (Å²) in [4.78, 5) is 27.9. The summed E-state index contributed by atoms with van der Waals surface area (Å²) in [5.74, 6) is -0.976. The summed E-state index contributed by atoms with van der Waals surface area (Å²) in [6.07, 6.45) is 3.33. The smallest absolute Gasteiger partial charge is 0.254 e. The van der Waals surface area contributed by atoms with Crippen molar-refractivity contribution in [1.29, 1.82) is 0 Å². The molecule has 0 saturated carbocycles. The molecular formula is C19H19FN2O2S. The van der Waals surface area contributed by atoms with Gasteiger partial charge in [0.1, 0.15) is 11.9 Å². The molecule has 2 amide bonds. The molecule has 0 radical (unpaired) electrons. The molecular weight excluding hydrogens is 339 g/mol. The van der Waals surface area contributed by atoms with Gasteiger partial charge in [-0.25, -0.2) is 4.39 Å². The Hall–Kier alpha value is -2.34. The van der Waals surface area contributed by atoms with Crippen LogP contribution in [0.2, 0.25) is 0 Å². The van der Waals surface area contributed by atoms with E-state index in [2.05, 4.69) is 5.32 Å². The lowest BCUT2D eigenvalue weighted by Gasteiger charge is -2.24. The Morgan fingerprint density at radius 2 is 2.00 bits per heavy atom. The SMILES string of the molecule is CSc1cccc(NC(=O)C2CCCN2C(=O)c2cccc(F)c2)c1. The number of rotatable bonds is 4. The fraction of sp³-hybridized carbons (Fsp3) is 0.263. The maximum Gasteiger partial charge on any atom is 0.254 e. The van der Waals surface area contributed by atoms with E-state index in [-0.39, 0.29) is 17.4 Å². The maximum absolute atomic E-state index is 13.4. The van der Waals surface area contributed by atoms with E-state index < -0.39 is 11.9 Å². The van der Waals surface area contributed by atoms with Gasteiger partial charge in [-0.15, -0.1) is 11.8 Å². The van der Waals surface area contributed by atoms with E-state index in [9.17, 15) is 14.0 Å². The number of benzene rings is 2. The maximum atomic E-state index is 13.4. The summed E-state index contributed by atoms with van der Waals surface area (Å²) in [7, 11) is 0. The molecule has 4 nitrogen and oxygen atoms in total. The van der Waals surface area contributed by atoms with E-state index >= 15 is 0 Å². The van der Waals surface area contributed by atoms with Gasteiger partial charge in [-0.2, -0.15) is 0 Å². The lowest BCUT2D eigenvalue weighted by Crippen LogP contribution is -2.43. The second-order valence-corrected chi connectivity index (χ2v) is 6.77. The normalized spacial score (nSPS) is 16.7. The van der Waals surface area contributed by atoms with E-state index in [0.29, 0.717) is 18.7 Å². The van der Waals surface area contributed by atoms with Crippen molar-refractivity contribution in [2.75, 3.05) is 18.1 Å². The van der Waals surface area contributed by atoms with Crippen LogP contribution in [0.4, 0.5) is 10.1 Å². The van der Waals surface area contributed by atoms with Crippen molar-refractivity contribution in [3.8, 4) is 0 Å². The molecule has 2 aromatic carbocycles. The van der Waals surface area contributed by atoms with Crippen LogP contribution in [0, 0.1) is 5.82 Å². The summed E-state index contributed by atoms with van der Waals surface area (Å²) in [5.41, 5.74) is 0.978. The first kappa shape index (κ1) is 17.5. The number of carbonyl (C=O) groups is 2. The highest BCUT2D eigenvalue weighted by molar-refractivity contribution is 7.98. The van der Waals surface area contributed by atoms with Crippen LogP contribution in [0.1, 0.15) is 23.2 Å². The monoisotopic (exact) mass is 358 g/mol. The third-order valence-corrected chi connectivity index (χ3v) is 4.95. The minimum Gasteiger partial charge on any atom is -0.327 e. The van der Waals surface area contributed by atoms with Crippen molar-refractivity contribution in [3.05, 3.63) is 59.9 Å². The summed E-state index contributed by atoms with van der Waals surface area (Å²) in [5, 5.41) is 2.89. The van der Waals surface area contributed by atoms with Gasteiger partial charge in [-0.05, 0) is 55.5 Å². The average Bonchev–Trinajstić information content (AvgIpc) is 3.11. The van der Waals surface area contributed by atoms with Gasteiger partial charge in [-0.1, -0.05) is 12.1 Å². The molecule has 1 heterocycles. The van der Waals surface area contributed by atoms with Gasteiger partial charge in [0.15, 0.2) is 0 Å². The summed E-state index contributed by atoms with van der Waals surface area (Å²) in [6.45, 7) is 0.498. The number of amides is 2. The minimum absolute atomic E-state index is 0.208. The number of thioether (sulfide) groups is 1. The van der Waals surface area contributed by atoms with Crippen LogP contribution in [-0.4, -0.2) is 35.6 Å². The van der Waals surface area contributed by atoms with E-state index in [0.717, 1.165) is 11.3 Å². The fourth-order valence-corrected chi connectivity index (χ4v) is 3.46. The van der Waals surface area contributed by atoms with Crippen LogP contribution >= 0.6 is 11.8 Å². The standard InChI is InChI=1S/C19H19FN2O2S/c1-25-16-8-3-7-15(12-16)21-18(23)17-9-4-10-22(17)19(24)13-5-2-6-14(20)11-13/h2-3,5-8,11-12,17H,4,9-10H2,1H3,(H,21,23). The number of likely N-dealkylation sites (tertiary alicyclic amines) is 1. The number of hydrogen-bond donors (Lipinski definition) is 1. The molecule has 25 heavy (non-hydrogen) atoms. The quantitative estimate of drug-likeness (QED) is 0.846. The zero-order valence-electron chi connectivity index (χ0n) is 13.9. The molecule has 1 aliphatic rings. The lowest BCUT2D eigenvalue weighted by molar-refractivity contribution is -0.119. The van der Waals surface area contributed by atoms with Crippen molar-refractivity contribution in [3.63, 3.8) is 0 Å². The van der Waals surface area contributed by atoms with Crippen LogP contribution in [-0.2, 0) is 4.79 Å². The van der Waals surface area contributed by atoms with Gasteiger partial charge in [0.25, 0.3) is 5.91 Å². The predicted molar refractivity (Wildman–Crippen MR) is 97.3 cm³/mol. The topological polar surface area (TPSA) is 49.4 Å². The lowest BCUT2D eigenvalue weighted by atomic mass is 10.1. The van der Waals surface area contributed by atoms with Gasteiger partial charge < -0.3 is 10.2 Å². The summed E-state index contributed by atoms with van der Waals surface area (Å²) >= 11 is 1.60. The van der Waals surface area contributed by atoms with Gasteiger partial charge in [0, 0.05) is 22.7 Å². The van der Waals surface area contributed by atoms with Crippen molar-refractivity contribution >= 4 is 29.3 Å². The van der Waals surface area contributed by atoms with Crippen molar-refractivity contribution < 1.29 is 14.0 Å². The number of nitrogens with one attached hydrogen (secondary N) is 1. The summed E-state index contributed by atoms with van der Waals surface area (Å²) in [6, 6.07) is 12.6. The predicted octanol–water partition coefficient (Wildman–Crippen LogP) is 3.79. The van der Waals surface area contributed by atoms with Gasteiger partial charge >= 0.3 is 0 Å². The van der Waals surface area contributed by atoms with E-state index in [1.807, 2.05) is 30.5 Å². The third-order valence-electron chi connectivity index (χ3n) is 4.23. The zero-order chi connectivity index (χ0) is 17.8. The van der Waals surface area contributed by atoms with Crippen molar-refractivity contribution in [2.45, 2.75) is 23.8 Å². The molecule has 1 N–H and O–H groups in total. The molecule has 3 rings (SSSR count). The molecule has 1 atom stereocenters. The van der Waals surface area contributed by atoms with Crippen LogP contribution < -0.4 is 5.32 Å². The first-order chi connectivity index (χ1) is 12.1. The fourth-order valence-electron chi connectivity index (χ4n) is 3.00. The molecule has 130 valence electrons. The molecule has 0 spiro atoms. The van der Waals surface area contributed by atoms with E-state index in [1.54, 1.807) is 17.8 Å². The molecule has 0 bridgehead atoms. The van der Waals surface area contributed by atoms with Crippen LogP contribution in [0.5, 0.6) is 0 Å². The molecule has 1 aliphatic heterocycles. The second kappa shape index (κ2) is 7.70. The highest BCUT2D eigenvalue weighted by Crippen LogP contribution is 2.23. The molecule has 1 saturated heterocycles. The number of carbonyl (C=O) groups excluding carboxylic acids is 2. The first-order valence-electron chi connectivity index (χ1n) is 8.10. The Kier molecular flexibility index (Phi) is 5.38. The molecule has 1 unspecified atom stereocenters. The highest BCUT2D eigenvalue weighted by atomic mass is 32.2. The second-order valence-electron chi connectivity index (χ2n) is 5.89. The minimum atomic E-state index is -0.534. The third kappa shape index (κ3) is 4.02. The average molecular weight is 358 g/mol. The van der Waals surface area contributed by atoms with E-state index in [4.69, 9.17) is 0 Å². The number of nitrogens with zero attached hydrogens (tertiary/aromatic N) is 1. The van der Waals surface area contributed by atoms with Gasteiger partial charge in [0.2, 0.25) is 5.91 Å². The molecule has 6 heteroatoms. The Morgan fingerprint density at radius 3 is 2.76 bits per heavy atom. The highest BCUT2D eigenvalue weighted by Gasteiger charge is 2.34. The van der Waals surface area contributed by atoms with E-state index in [1.165, 1.54) is 23.1 Å². The first-order valence-corrected chi connectivity index (χ1v) is 9.32. The summed E-state index contributed by atoms with van der Waals surface area (Å²) < 4.78 is 13.4. The number of hydrogen-bond acceptors (Lipinski definition) is 3. The zero-order valence-corrected chi connectivity index (χ0v) is 14.7. The van der Waals surface area contributed by atoms with Crippen molar-refractivity contribution in [2.24, 2.45) is 0 Å². The Balaban J connectivity index is 1.74. The molecule has 0 aromatic heterocycles. The van der Waals surface area contributed by atoms with Crippen LogP contribution in [0.3, 0.4) is 0 Å². The van der Waals surface area contributed by atoms with Crippen molar-refractivity contribution in [1.82, 2.24) is 4.90 Å². The van der Waals surface area contributed by atoms with Crippen LogP contribution in [0.25, 0.3) is 0 Å². The Labute approximate surface area is 150 Å². The van der Waals surface area contributed by atoms with Gasteiger partial charge in [-0.3, -0.25) is 9.59 Å². The molecule has 0 aliphatic carbocycles. The van der Waals surface area contributed by atoms with Gasteiger partial charge in [0.05, 0.1) is 0 Å². The largest absolute Gasteiger partial charge is 0.327 e. The Morgan fingerprint density at radius 1 is 1.20 bits per heavy atom. The molecule has 1 fully saturated rings. The number of anilines is 1. The number of halogens is 1. The Bertz CT molecular complexity index is 796. The van der Waals surface area contributed by atoms with Crippen LogP contribution in [0.15, 0.2) is 53.4 Å².